The second kappa shape index (κ2) is 5.38. The van der Waals surface area contributed by atoms with Gasteiger partial charge in [-0.25, -0.2) is 13.6 Å². The highest BCUT2D eigenvalue weighted by Crippen LogP contribution is 2.40. The Bertz CT molecular complexity index is 700. The largest absolute Gasteiger partial charge is 0.465 e. The monoisotopic (exact) mass is 317 g/mol. The fraction of sp³-hybridized carbons (Fsp3) is 0.154. The normalized spacial score (nSPS) is 10.7. The summed E-state index contributed by atoms with van der Waals surface area (Å²) in [6.45, 7) is 1.62. The molecular formula is C13H10ClF2NO2S. The molecule has 0 aliphatic heterocycles. The third-order valence-electron chi connectivity index (χ3n) is 2.82. The maximum absolute atomic E-state index is 13.9. The van der Waals surface area contributed by atoms with Crippen molar-refractivity contribution < 1.29 is 18.3 Å². The van der Waals surface area contributed by atoms with Crippen molar-refractivity contribution >= 4 is 34.6 Å². The van der Waals surface area contributed by atoms with Crippen LogP contribution in [0.25, 0.3) is 10.4 Å². The van der Waals surface area contributed by atoms with E-state index >= 15 is 0 Å². The van der Waals surface area contributed by atoms with Crippen LogP contribution in [-0.2, 0) is 4.74 Å². The molecule has 0 atom stereocenters. The smallest absolute Gasteiger partial charge is 0.350 e. The van der Waals surface area contributed by atoms with Gasteiger partial charge < -0.3 is 10.5 Å². The number of hydrogen-bond donors (Lipinski definition) is 1. The van der Waals surface area contributed by atoms with Crippen LogP contribution in [0.2, 0.25) is 5.02 Å². The van der Waals surface area contributed by atoms with E-state index in [1.807, 2.05) is 0 Å². The van der Waals surface area contributed by atoms with Gasteiger partial charge in [0.2, 0.25) is 0 Å². The molecule has 1 aromatic carbocycles. The fourth-order valence-corrected chi connectivity index (χ4v) is 3.04. The minimum Gasteiger partial charge on any atom is -0.465 e. The number of anilines is 1. The molecule has 2 N–H and O–H groups in total. The van der Waals surface area contributed by atoms with Crippen molar-refractivity contribution in [1.29, 1.82) is 0 Å². The zero-order chi connectivity index (χ0) is 15.0. The number of carbonyl (C=O) groups is 1. The van der Waals surface area contributed by atoms with Gasteiger partial charge >= 0.3 is 5.97 Å². The van der Waals surface area contributed by atoms with Gasteiger partial charge in [0.05, 0.1) is 17.8 Å². The number of thiophene rings is 1. The van der Waals surface area contributed by atoms with E-state index in [4.69, 9.17) is 17.3 Å². The molecule has 0 aliphatic rings. The lowest BCUT2D eigenvalue weighted by atomic mass is 10.1. The maximum Gasteiger partial charge on any atom is 0.350 e. The summed E-state index contributed by atoms with van der Waals surface area (Å²) in [7, 11) is 1.22. The molecule has 2 rings (SSSR count). The molecule has 0 fully saturated rings. The summed E-state index contributed by atoms with van der Waals surface area (Å²) >= 11 is 6.46. The molecule has 20 heavy (non-hydrogen) atoms. The van der Waals surface area contributed by atoms with Gasteiger partial charge in [0, 0.05) is 10.4 Å². The van der Waals surface area contributed by atoms with Crippen molar-refractivity contribution in [3.63, 3.8) is 0 Å². The molecular weight excluding hydrogens is 308 g/mol. The third kappa shape index (κ3) is 2.36. The van der Waals surface area contributed by atoms with E-state index in [0.29, 0.717) is 10.4 Å². The topological polar surface area (TPSA) is 52.3 Å². The van der Waals surface area contributed by atoms with Crippen LogP contribution in [0.1, 0.15) is 15.2 Å². The van der Waals surface area contributed by atoms with Crippen LogP contribution in [0.4, 0.5) is 14.5 Å². The number of nitrogen functional groups attached to an aromatic ring is 1. The van der Waals surface area contributed by atoms with Crippen LogP contribution in [0, 0.1) is 18.6 Å². The van der Waals surface area contributed by atoms with Crippen LogP contribution < -0.4 is 5.73 Å². The predicted molar refractivity (Wildman–Crippen MR) is 75.2 cm³/mol. The zero-order valence-corrected chi connectivity index (χ0v) is 12.2. The van der Waals surface area contributed by atoms with Gasteiger partial charge in [-0.1, -0.05) is 11.6 Å². The highest BCUT2D eigenvalue weighted by molar-refractivity contribution is 7.18. The van der Waals surface area contributed by atoms with Crippen LogP contribution in [0.15, 0.2) is 12.1 Å². The number of methoxy groups -OCH3 is 1. The first-order valence-corrected chi connectivity index (χ1v) is 6.68. The molecule has 0 radical (unpaired) electrons. The molecule has 0 unspecified atom stereocenters. The number of halogens is 3. The second-order valence-corrected chi connectivity index (χ2v) is 5.46. The number of hydrogen-bond acceptors (Lipinski definition) is 4. The Morgan fingerprint density at radius 3 is 2.60 bits per heavy atom. The Hall–Kier alpha value is -1.66. The van der Waals surface area contributed by atoms with Crippen LogP contribution >= 0.6 is 22.9 Å². The minimum atomic E-state index is -0.742. The van der Waals surface area contributed by atoms with Crippen LogP contribution in [-0.4, -0.2) is 13.1 Å². The Kier molecular flexibility index (Phi) is 3.96. The van der Waals surface area contributed by atoms with Crippen molar-refractivity contribution in [1.82, 2.24) is 0 Å². The molecule has 0 saturated carbocycles. The number of benzene rings is 1. The van der Waals surface area contributed by atoms with Gasteiger partial charge in [-0.15, -0.1) is 11.3 Å². The van der Waals surface area contributed by atoms with Gasteiger partial charge in [-0.05, 0) is 24.6 Å². The van der Waals surface area contributed by atoms with Crippen molar-refractivity contribution in [2.24, 2.45) is 0 Å². The first-order chi connectivity index (χ1) is 9.36. The molecule has 3 nitrogen and oxygen atoms in total. The summed E-state index contributed by atoms with van der Waals surface area (Å²) in [5.41, 5.74) is 6.51. The third-order valence-corrected chi connectivity index (χ3v) is 4.43. The molecule has 0 aliphatic carbocycles. The van der Waals surface area contributed by atoms with Crippen molar-refractivity contribution in [3.8, 4) is 10.4 Å². The van der Waals surface area contributed by atoms with Crippen molar-refractivity contribution in [2.45, 2.75) is 6.92 Å². The minimum absolute atomic E-state index is 0.0104. The first-order valence-electron chi connectivity index (χ1n) is 5.49. The summed E-state index contributed by atoms with van der Waals surface area (Å²) in [5.74, 6) is -2.04. The lowest BCUT2D eigenvalue weighted by Gasteiger charge is -2.04. The van der Waals surface area contributed by atoms with Gasteiger partial charge in [0.25, 0.3) is 0 Å². The molecule has 1 aromatic heterocycles. The Balaban J connectivity index is 2.65. The van der Waals surface area contributed by atoms with E-state index in [2.05, 4.69) is 4.74 Å². The van der Waals surface area contributed by atoms with E-state index in [0.717, 1.165) is 23.5 Å². The van der Waals surface area contributed by atoms with Crippen molar-refractivity contribution in [2.75, 3.05) is 12.8 Å². The lowest BCUT2D eigenvalue weighted by molar-refractivity contribution is 0.0607. The van der Waals surface area contributed by atoms with E-state index in [1.54, 1.807) is 6.92 Å². The van der Waals surface area contributed by atoms with E-state index in [9.17, 15) is 13.6 Å². The summed E-state index contributed by atoms with van der Waals surface area (Å²) in [4.78, 5) is 12.1. The first kappa shape index (κ1) is 14.7. The maximum atomic E-state index is 13.9. The van der Waals surface area contributed by atoms with E-state index in [1.165, 1.54) is 7.11 Å². The second-order valence-electron chi connectivity index (χ2n) is 4.04. The van der Waals surface area contributed by atoms with Crippen molar-refractivity contribution in [3.05, 3.63) is 39.2 Å². The average Bonchev–Trinajstić information content (AvgIpc) is 2.70. The number of rotatable bonds is 2. The summed E-state index contributed by atoms with van der Waals surface area (Å²) in [5, 5.41) is -0.304. The molecule has 1 heterocycles. The number of carbonyl (C=O) groups excluding carboxylic acids is 1. The predicted octanol–water partition coefficient (Wildman–Crippen LogP) is 4.02. The summed E-state index contributed by atoms with van der Waals surface area (Å²) in [6.07, 6.45) is 0. The standard InChI is InChI=1S/C13H10ClF2NO2S/c1-5-10(17)12(13(18)19-2)20-11(5)6-3-9(16)7(14)4-8(6)15/h3-4H,17H2,1-2H3. The molecule has 2 aromatic rings. The Morgan fingerprint density at radius 2 is 2.00 bits per heavy atom. The fourth-order valence-electron chi connectivity index (χ4n) is 1.72. The van der Waals surface area contributed by atoms with Gasteiger partial charge in [0.1, 0.15) is 16.5 Å². The quantitative estimate of drug-likeness (QED) is 0.672. The summed E-state index contributed by atoms with van der Waals surface area (Å²) < 4.78 is 32.0. The number of nitrogens with two attached hydrogens (primary N) is 1. The van der Waals surface area contributed by atoms with Gasteiger partial charge in [-0.3, -0.25) is 0 Å². The molecule has 0 amide bonds. The number of esters is 1. The van der Waals surface area contributed by atoms with E-state index < -0.39 is 17.6 Å². The number of ether oxygens (including phenoxy) is 1. The highest BCUT2D eigenvalue weighted by atomic mass is 35.5. The van der Waals surface area contributed by atoms with Crippen LogP contribution in [0.5, 0.6) is 0 Å². The highest BCUT2D eigenvalue weighted by Gasteiger charge is 2.22. The van der Waals surface area contributed by atoms with Crippen LogP contribution in [0.3, 0.4) is 0 Å². The molecule has 0 spiro atoms. The summed E-state index contributed by atoms with van der Waals surface area (Å²) in [6, 6.07) is 1.87. The Labute approximate surface area is 122 Å². The van der Waals surface area contributed by atoms with E-state index in [-0.39, 0.29) is 21.2 Å². The Morgan fingerprint density at radius 1 is 1.35 bits per heavy atom. The zero-order valence-electron chi connectivity index (χ0n) is 10.6. The average molecular weight is 318 g/mol. The molecule has 0 bridgehead atoms. The molecule has 7 heteroatoms. The van der Waals surface area contributed by atoms with Gasteiger partial charge in [0.15, 0.2) is 0 Å². The lowest BCUT2D eigenvalue weighted by Crippen LogP contribution is -2.01. The van der Waals surface area contributed by atoms with Gasteiger partial charge in [-0.2, -0.15) is 0 Å². The SMILES string of the molecule is COC(=O)c1sc(-c2cc(F)c(Cl)cc2F)c(C)c1N. The molecule has 106 valence electrons. The molecule has 0 saturated heterocycles.